The van der Waals surface area contributed by atoms with Crippen LogP contribution in [0.2, 0.25) is 0 Å². The van der Waals surface area contributed by atoms with Gasteiger partial charge in [-0.25, -0.2) is 4.98 Å². The molecule has 2 heterocycles. The number of amides is 1. The number of aliphatic hydroxyl groups excluding tert-OH is 1. The Bertz CT molecular complexity index is 688. The Kier molecular flexibility index (Phi) is 3.41. The van der Waals surface area contributed by atoms with Crippen molar-refractivity contribution in [3.63, 3.8) is 0 Å². The summed E-state index contributed by atoms with van der Waals surface area (Å²) in [7, 11) is 3.64. The minimum atomic E-state index is -0.186. The van der Waals surface area contributed by atoms with Crippen LogP contribution in [0.25, 0.3) is 11.0 Å². The van der Waals surface area contributed by atoms with Gasteiger partial charge in [0.1, 0.15) is 0 Å². The summed E-state index contributed by atoms with van der Waals surface area (Å²) < 4.78 is 1.72. The lowest BCUT2D eigenvalue weighted by molar-refractivity contribution is 0.0265. The van der Waals surface area contributed by atoms with E-state index in [0.717, 1.165) is 29.6 Å². The molecule has 3 rings (SSSR count). The van der Waals surface area contributed by atoms with Gasteiger partial charge in [0.15, 0.2) is 5.65 Å². The number of aryl methyl sites for hydroxylation is 2. The summed E-state index contributed by atoms with van der Waals surface area (Å²) in [5.74, 6) is 0.375. The number of carbonyl (C=O) groups is 1. The molecule has 1 aliphatic carbocycles. The van der Waals surface area contributed by atoms with Crippen molar-refractivity contribution in [2.75, 3.05) is 13.6 Å². The number of fused-ring (bicyclic) bond motifs is 1. The number of pyridine rings is 1. The number of aromatic nitrogens is 3. The molecular formula is C15H20N4O2. The highest BCUT2D eigenvalue weighted by molar-refractivity contribution is 5.97. The summed E-state index contributed by atoms with van der Waals surface area (Å²) in [6.07, 6.45) is 3.00. The SMILES string of the molecule is Cc1nn(C)c2ncc(C(=O)N(C)CC3CC(O)C3)cc12. The molecule has 0 aliphatic heterocycles. The first-order valence-corrected chi connectivity index (χ1v) is 7.18. The Labute approximate surface area is 123 Å². The van der Waals surface area contributed by atoms with Crippen LogP contribution in [-0.4, -0.2) is 50.4 Å². The number of rotatable bonds is 3. The Morgan fingerprint density at radius 2 is 2.24 bits per heavy atom. The average molecular weight is 288 g/mol. The third-order valence-electron chi connectivity index (χ3n) is 4.20. The summed E-state index contributed by atoms with van der Waals surface area (Å²) >= 11 is 0. The number of aliphatic hydroxyl groups is 1. The highest BCUT2D eigenvalue weighted by atomic mass is 16.3. The molecule has 112 valence electrons. The lowest BCUT2D eigenvalue weighted by Gasteiger charge is -2.34. The van der Waals surface area contributed by atoms with Crippen LogP contribution in [0.1, 0.15) is 28.9 Å². The summed E-state index contributed by atoms with van der Waals surface area (Å²) in [6, 6.07) is 1.86. The quantitative estimate of drug-likeness (QED) is 0.918. The normalized spacial score (nSPS) is 21.3. The first-order valence-electron chi connectivity index (χ1n) is 7.18. The minimum Gasteiger partial charge on any atom is -0.393 e. The smallest absolute Gasteiger partial charge is 0.255 e. The van der Waals surface area contributed by atoms with Crippen molar-refractivity contribution in [2.24, 2.45) is 13.0 Å². The molecule has 0 spiro atoms. The number of carbonyl (C=O) groups excluding carboxylic acids is 1. The molecular weight excluding hydrogens is 268 g/mol. The van der Waals surface area contributed by atoms with E-state index in [1.165, 1.54) is 0 Å². The fourth-order valence-electron chi connectivity index (χ4n) is 2.97. The molecule has 6 nitrogen and oxygen atoms in total. The van der Waals surface area contributed by atoms with Crippen LogP contribution < -0.4 is 0 Å². The van der Waals surface area contributed by atoms with E-state index < -0.39 is 0 Å². The van der Waals surface area contributed by atoms with E-state index in [1.54, 1.807) is 22.8 Å². The first kappa shape index (κ1) is 14.0. The Hall–Kier alpha value is -1.95. The molecule has 1 N–H and O–H groups in total. The van der Waals surface area contributed by atoms with Crippen LogP contribution in [-0.2, 0) is 7.05 Å². The zero-order valence-electron chi connectivity index (χ0n) is 12.6. The molecule has 21 heavy (non-hydrogen) atoms. The molecule has 0 atom stereocenters. The van der Waals surface area contributed by atoms with Crippen LogP contribution >= 0.6 is 0 Å². The molecule has 1 aliphatic rings. The second-order valence-electron chi connectivity index (χ2n) is 5.98. The van der Waals surface area contributed by atoms with Gasteiger partial charge in [-0.2, -0.15) is 5.10 Å². The van der Waals surface area contributed by atoms with E-state index in [0.29, 0.717) is 18.0 Å². The topological polar surface area (TPSA) is 71.2 Å². The Morgan fingerprint density at radius 3 is 2.90 bits per heavy atom. The lowest BCUT2D eigenvalue weighted by atomic mass is 9.82. The summed E-state index contributed by atoms with van der Waals surface area (Å²) in [4.78, 5) is 18.5. The van der Waals surface area contributed by atoms with Crippen molar-refractivity contribution in [3.8, 4) is 0 Å². The van der Waals surface area contributed by atoms with Gasteiger partial charge in [-0.1, -0.05) is 0 Å². The zero-order valence-corrected chi connectivity index (χ0v) is 12.6. The third-order valence-corrected chi connectivity index (χ3v) is 4.20. The van der Waals surface area contributed by atoms with Crippen molar-refractivity contribution in [1.29, 1.82) is 0 Å². The molecule has 2 aromatic rings. The van der Waals surface area contributed by atoms with Crippen LogP contribution in [0.15, 0.2) is 12.3 Å². The van der Waals surface area contributed by atoms with Crippen LogP contribution in [0.3, 0.4) is 0 Å². The van der Waals surface area contributed by atoms with Gasteiger partial charge in [0.05, 0.1) is 17.4 Å². The Morgan fingerprint density at radius 1 is 1.52 bits per heavy atom. The molecule has 0 bridgehead atoms. The standard InChI is InChI=1S/C15H20N4O2/c1-9-13-6-11(7-16-14(13)19(3)17-9)15(21)18(2)8-10-4-12(20)5-10/h6-7,10,12,20H,4-5,8H2,1-3H3. The van der Waals surface area contributed by atoms with Crippen molar-refractivity contribution < 1.29 is 9.90 Å². The number of nitrogens with zero attached hydrogens (tertiary/aromatic N) is 4. The average Bonchev–Trinajstić information content (AvgIpc) is 2.71. The van der Waals surface area contributed by atoms with E-state index in [1.807, 2.05) is 20.0 Å². The maximum absolute atomic E-state index is 12.5. The molecule has 1 saturated carbocycles. The van der Waals surface area contributed by atoms with Gasteiger partial charge in [0, 0.05) is 32.2 Å². The molecule has 0 saturated heterocycles. The van der Waals surface area contributed by atoms with Crippen LogP contribution in [0.4, 0.5) is 0 Å². The lowest BCUT2D eigenvalue weighted by Crippen LogP contribution is -2.39. The largest absolute Gasteiger partial charge is 0.393 e. The van der Waals surface area contributed by atoms with Crippen LogP contribution in [0, 0.1) is 12.8 Å². The van der Waals surface area contributed by atoms with Crippen molar-refractivity contribution in [1.82, 2.24) is 19.7 Å². The number of hydrogen-bond acceptors (Lipinski definition) is 4. The monoisotopic (exact) mass is 288 g/mol. The van der Waals surface area contributed by atoms with Gasteiger partial charge in [0.25, 0.3) is 5.91 Å². The van der Waals surface area contributed by atoms with E-state index >= 15 is 0 Å². The van der Waals surface area contributed by atoms with Crippen molar-refractivity contribution >= 4 is 16.9 Å². The minimum absolute atomic E-state index is 0.0333. The summed E-state index contributed by atoms with van der Waals surface area (Å²) in [6.45, 7) is 2.59. The first-order chi connectivity index (χ1) is 9.95. The van der Waals surface area contributed by atoms with Gasteiger partial charge in [-0.3, -0.25) is 9.48 Å². The second kappa shape index (κ2) is 5.11. The molecule has 1 amide bonds. The molecule has 6 heteroatoms. The molecule has 0 aromatic carbocycles. The summed E-state index contributed by atoms with van der Waals surface area (Å²) in [5.41, 5.74) is 2.24. The molecule has 1 fully saturated rings. The van der Waals surface area contributed by atoms with E-state index in [9.17, 15) is 9.90 Å². The predicted molar refractivity (Wildman–Crippen MR) is 78.9 cm³/mol. The van der Waals surface area contributed by atoms with Gasteiger partial charge in [-0.15, -0.1) is 0 Å². The van der Waals surface area contributed by atoms with Gasteiger partial charge in [0.2, 0.25) is 0 Å². The Balaban J connectivity index is 1.79. The van der Waals surface area contributed by atoms with Crippen LogP contribution in [0.5, 0.6) is 0 Å². The fraction of sp³-hybridized carbons (Fsp3) is 0.533. The van der Waals surface area contributed by atoms with Gasteiger partial charge < -0.3 is 10.0 Å². The van der Waals surface area contributed by atoms with E-state index in [4.69, 9.17) is 0 Å². The zero-order chi connectivity index (χ0) is 15.1. The number of hydrogen-bond donors (Lipinski definition) is 1. The maximum Gasteiger partial charge on any atom is 0.255 e. The maximum atomic E-state index is 12.5. The van der Waals surface area contributed by atoms with Gasteiger partial charge in [-0.05, 0) is 31.7 Å². The molecule has 2 aromatic heterocycles. The third kappa shape index (κ3) is 2.51. The van der Waals surface area contributed by atoms with Crippen molar-refractivity contribution in [2.45, 2.75) is 25.9 Å². The highest BCUT2D eigenvalue weighted by Gasteiger charge is 2.29. The summed E-state index contributed by atoms with van der Waals surface area (Å²) in [5, 5.41) is 14.5. The van der Waals surface area contributed by atoms with Gasteiger partial charge >= 0.3 is 0 Å². The van der Waals surface area contributed by atoms with Crippen molar-refractivity contribution in [3.05, 3.63) is 23.5 Å². The molecule has 0 radical (unpaired) electrons. The van der Waals surface area contributed by atoms with E-state index in [2.05, 4.69) is 10.1 Å². The van der Waals surface area contributed by atoms with E-state index in [-0.39, 0.29) is 12.0 Å². The second-order valence-corrected chi connectivity index (χ2v) is 5.98. The fourth-order valence-corrected chi connectivity index (χ4v) is 2.97. The molecule has 0 unspecified atom stereocenters. The predicted octanol–water partition coefficient (Wildman–Crippen LogP) is 1.12. The highest BCUT2D eigenvalue weighted by Crippen LogP contribution is 2.28.